The highest BCUT2D eigenvalue weighted by Gasteiger charge is 2.04. The summed E-state index contributed by atoms with van der Waals surface area (Å²) in [5.74, 6) is 0.935. The Balaban J connectivity index is 1.77. The van der Waals surface area contributed by atoms with Gasteiger partial charge in [0.25, 0.3) is 0 Å². The van der Waals surface area contributed by atoms with Gasteiger partial charge >= 0.3 is 0 Å². The lowest BCUT2D eigenvalue weighted by Crippen LogP contribution is -2.29. The molecule has 0 aliphatic carbocycles. The van der Waals surface area contributed by atoms with Gasteiger partial charge in [0.2, 0.25) is 0 Å². The van der Waals surface area contributed by atoms with Crippen LogP contribution in [-0.2, 0) is 13.1 Å². The molecule has 0 saturated heterocycles. The van der Waals surface area contributed by atoms with E-state index in [4.69, 9.17) is 4.42 Å². The third kappa shape index (κ3) is 3.21. The Morgan fingerprint density at radius 1 is 1.56 bits per heavy atom. The number of aromatic nitrogens is 2. The summed E-state index contributed by atoms with van der Waals surface area (Å²) in [6, 6.07) is 4.23. The van der Waals surface area contributed by atoms with Gasteiger partial charge in [-0.3, -0.25) is 0 Å². The molecule has 5 heteroatoms. The van der Waals surface area contributed by atoms with Crippen molar-refractivity contribution in [2.24, 2.45) is 0 Å². The van der Waals surface area contributed by atoms with E-state index in [1.807, 2.05) is 24.7 Å². The molecular weight excluding hydrogens is 270 g/mol. The summed E-state index contributed by atoms with van der Waals surface area (Å²) >= 11 is 3.28. The Labute approximate surface area is 103 Å². The molecule has 2 aromatic rings. The van der Waals surface area contributed by atoms with E-state index in [9.17, 15) is 0 Å². The molecule has 1 atom stereocenters. The van der Waals surface area contributed by atoms with Gasteiger partial charge in [-0.2, -0.15) is 0 Å². The Hall–Kier alpha value is -1.07. The molecule has 0 bridgehead atoms. The lowest BCUT2D eigenvalue weighted by Gasteiger charge is -2.13. The zero-order valence-electron chi connectivity index (χ0n) is 9.06. The molecule has 2 heterocycles. The van der Waals surface area contributed by atoms with Gasteiger partial charge < -0.3 is 14.3 Å². The van der Waals surface area contributed by atoms with Gasteiger partial charge in [-0.15, -0.1) is 0 Å². The van der Waals surface area contributed by atoms with Gasteiger partial charge in [0, 0.05) is 25.0 Å². The highest BCUT2D eigenvalue weighted by Crippen LogP contribution is 2.13. The van der Waals surface area contributed by atoms with Crippen molar-refractivity contribution in [3.05, 3.63) is 41.3 Å². The fraction of sp³-hybridized carbons (Fsp3) is 0.364. The first-order chi connectivity index (χ1) is 7.74. The molecule has 0 spiro atoms. The summed E-state index contributed by atoms with van der Waals surface area (Å²) in [5, 5.41) is 3.39. The number of halogens is 1. The molecule has 4 nitrogen and oxygen atoms in total. The topological polar surface area (TPSA) is 43.0 Å². The maximum atomic E-state index is 5.40. The van der Waals surface area contributed by atoms with Crippen LogP contribution in [0.3, 0.4) is 0 Å². The van der Waals surface area contributed by atoms with Crippen molar-refractivity contribution in [2.45, 2.75) is 26.1 Å². The van der Waals surface area contributed by atoms with E-state index in [0.29, 0.717) is 6.04 Å². The van der Waals surface area contributed by atoms with Crippen LogP contribution in [0.1, 0.15) is 12.7 Å². The van der Waals surface area contributed by atoms with Gasteiger partial charge in [0.05, 0.1) is 12.9 Å². The van der Waals surface area contributed by atoms with Crippen molar-refractivity contribution in [1.29, 1.82) is 0 Å². The van der Waals surface area contributed by atoms with Crippen LogP contribution >= 0.6 is 15.9 Å². The predicted molar refractivity (Wildman–Crippen MR) is 64.9 cm³/mol. The minimum Gasteiger partial charge on any atom is -0.453 e. The van der Waals surface area contributed by atoms with Gasteiger partial charge in [-0.1, -0.05) is 0 Å². The lowest BCUT2D eigenvalue weighted by atomic mass is 10.3. The smallest absolute Gasteiger partial charge is 0.169 e. The summed E-state index contributed by atoms with van der Waals surface area (Å²) in [4.78, 5) is 4.01. The van der Waals surface area contributed by atoms with E-state index < -0.39 is 0 Å². The van der Waals surface area contributed by atoms with E-state index in [2.05, 4.69) is 37.7 Å². The molecule has 0 aromatic carbocycles. The average Bonchev–Trinajstić information content (AvgIpc) is 2.87. The molecule has 1 unspecified atom stereocenters. The number of hydrogen-bond acceptors (Lipinski definition) is 3. The molecule has 1 N–H and O–H groups in total. The first-order valence-electron chi connectivity index (χ1n) is 5.17. The van der Waals surface area contributed by atoms with Crippen molar-refractivity contribution >= 4 is 15.9 Å². The number of hydrogen-bond donors (Lipinski definition) is 1. The van der Waals surface area contributed by atoms with Gasteiger partial charge in [0.15, 0.2) is 4.67 Å². The van der Waals surface area contributed by atoms with Crippen molar-refractivity contribution in [3.8, 4) is 0 Å². The number of furan rings is 1. The van der Waals surface area contributed by atoms with Crippen molar-refractivity contribution in [3.63, 3.8) is 0 Å². The van der Waals surface area contributed by atoms with Crippen molar-refractivity contribution in [2.75, 3.05) is 0 Å². The first kappa shape index (κ1) is 11.4. The second-order valence-electron chi connectivity index (χ2n) is 3.75. The molecule has 0 aliphatic rings. The quantitative estimate of drug-likeness (QED) is 0.917. The average molecular weight is 284 g/mol. The zero-order valence-corrected chi connectivity index (χ0v) is 10.6. The SMILES string of the molecule is CC(Cn1ccnc1)NCc1ccc(Br)o1. The second kappa shape index (κ2) is 5.32. The van der Waals surface area contributed by atoms with Crippen molar-refractivity contribution in [1.82, 2.24) is 14.9 Å². The number of imidazole rings is 1. The molecule has 0 fully saturated rings. The van der Waals surface area contributed by atoms with E-state index in [1.165, 1.54) is 0 Å². The van der Waals surface area contributed by atoms with Crippen LogP contribution in [0.5, 0.6) is 0 Å². The summed E-state index contributed by atoms with van der Waals surface area (Å²) in [6.45, 7) is 3.78. The van der Waals surface area contributed by atoms with Crippen LogP contribution in [0, 0.1) is 0 Å². The van der Waals surface area contributed by atoms with Gasteiger partial charge in [-0.05, 0) is 35.0 Å². The van der Waals surface area contributed by atoms with E-state index in [1.54, 1.807) is 6.20 Å². The minimum atomic E-state index is 0.373. The Morgan fingerprint density at radius 3 is 3.06 bits per heavy atom. The summed E-state index contributed by atoms with van der Waals surface area (Å²) in [7, 11) is 0. The molecule has 0 aliphatic heterocycles. The summed E-state index contributed by atoms with van der Waals surface area (Å²) in [5.41, 5.74) is 0. The van der Waals surface area contributed by atoms with Gasteiger partial charge in [0.1, 0.15) is 5.76 Å². The molecule has 0 amide bonds. The second-order valence-corrected chi connectivity index (χ2v) is 4.53. The normalized spacial score (nSPS) is 12.9. The van der Waals surface area contributed by atoms with Crippen molar-refractivity contribution < 1.29 is 4.42 Å². The molecule has 16 heavy (non-hydrogen) atoms. The number of rotatable bonds is 5. The number of nitrogens with one attached hydrogen (secondary N) is 1. The van der Waals surface area contributed by atoms with Crippen LogP contribution in [0.2, 0.25) is 0 Å². The molecule has 2 rings (SSSR count). The molecule has 0 saturated carbocycles. The fourth-order valence-electron chi connectivity index (χ4n) is 1.50. The van der Waals surface area contributed by atoms with Gasteiger partial charge in [-0.25, -0.2) is 4.98 Å². The largest absolute Gasteiger partial charge is 0.453 e. The van der Waals surface area contributed by atoms with Crippen LogP contribution in [-0.4, -0.2) is 15.6 Å². The van der Waals surface area contributed by atoms with E-state index in [-0.39, 0.29) is 0 Å². The van der Waals surface area contributed by atoms with Crippen LogP contribution in [0.4, 0.5) is 0 Å². The van der Waals surface area contributed by atoms with Crippen LogP contribution in [0.15, 0.2) is 39.9 Å². The Morgan fingerprint density at radius 2 is 2.44 bits per heavy atom. The van der Waals surface area contributed by atoms with Crippen LogP contribution in [0.25, 0.3) is 0 Å². The molecule has 86 valence electrons. The monoisotopic (exact) mass is 283 g/mol. The predicted octanol–water partition coefficient (Wildman–Crippen LogP) is 2.42. The first-order valence-corrected chi connectivity index (χ1v) is 5.96. The highest BCUT2D eigenvalue weighted by molar-refractivity contribution is 9.10. The summed E-state index contributed by atoms with van der Waals surface area (Å²) in [6.07, 6.45) is 5.57. The third-order valence-corrected chi connectivity index (χ3v) is 2.72. The summed E-state index contributed by atoms with van der Waals surface area (Å²) < 4.78 is 8.23. The number of nitrogens with zero attached hydrogens (tertiary/aromatic N) is 2. The molecule has 0 radical (unpaired) electrons. The third-order valence-electron chi connectivity index (χ3n) is 2.30. The highest BCUT2D eigenvalue weighted by atomic mass is 79.9. The van der Waals surface area contributed by atoms with E-state index >= 15 is 0 Å². The Bertz CT molecular complexity index is 424. The zero-order chi connectivity index (χ0) is 11.4. The minimum absolute atomic E-state index is 0.373. The standard InChI is InChI=1S/C11H14BrN3O/c1-9(7-15-5-4-13-8-15)14-6-10-2-3-11(12)16-10/h2-5,8-9,14H,6-7H2,1H3. The maximum Gasteiger partial charge on any atom is 0.169 e. The Kier molecular flexibility index (Phi) is 3.79. The lowest BCUT2D eigenvalue weighted by molar-refractivity contribution is 0.420. The van der Waals surface area contributed by atoms with Crippen LogP contribution < -0.4 is 5.32 Å². The maximum absolute atomic E-state index is 5.40. The molecule has 2 aromatic heterocycles. The molecular formula is C11H14BrN3O. The fourth-order valence-corrected chi connectivity index (χ4v) is 1.84. The van der Waals surface area contributed by atoms with E-state index in [0.717, 1.165) is 23.5 Å².